The second kappa shape index (κ2) is 6.90. The largest absolute Gasteiger partial charge is 0.493 e. The van der Waals surface area contributed by atoms with Gasteiger partial charge in [0, 0.05) is 24.5 Å². The summed E-state index contributed by atoms with van der Waals surface area (Å²) < 4.78 is 15.3. The van der Waals surface area contributed by atoms with E-state index < -0.39 is 11.6 Å². The Morgan fingerprint density at radius 2 is 2.14 bits per heavy atom. The lowest BCUT2D eigenvalue weighted by Gasteiger charge is -2.06. The van der Waals surface area contributed by atoms with Gasteiger partial charge in [0.25, 0.3) is 0 Å². The third-order valence-corrected chi connectivity index (χ3v) is 2.77. The second-order valence-electron chi connectivity index (χ2n) is 4.29. The summed E-state index contributed by atoms with van der Waals surface area (Å²) in [6.07, 6.45) is 0.518. The fraction of sp³-hybridized carbons (Fsp3) is 0.333. The summed E-state index contributed by atoms with van der Waals surface area (Å²) in [6, 6.07) is 6.41. The number of fused-ring (bicyclic) bond motifs is 1. The Bertz CT molecular complexity index is 688. The smallest absolute Gasteiger partial charge is 0.351 e. The van der Waals surface area contributed by atoms with Gasteiger partial charge in [-0.2, -0.15) is 0 Å². The number of esters is 1. The quantitative estimate of drug-likeness (QED) is 0.496. The third-order valence-electron chi connectivity index (χ3n) is 2.77. The number of benzene rings is 1. The molecule has 0 bridgehead atoms. The van der Waals surface area contributed by atoms with Crippen molar-refractivity contribution in [3.63, 3.8) is 0 Å². The molecular weight excluding hydrogens is 276 g/mol. The van der Waals surface area contributed by atoms with Gasteiger partial charge in [-0.25, -0.2) is 9.59 Å². The minimum absolute atomic E-state index is 0.0472. The van der Waals surface area contributed by atoms with Crippen molar-refractivity contribution in [1.82, 2.24) is 0 Å². The van der Waals surface area contributed by atoms with Crippen LogP contribution in [-0.2, 0) is 4.74 Å². The molecule has 0 spiro atoms. The number of carbonyl (C=O) groups is 1. The molecule has 0 atom stereocenters. The van der Waals surface area contributed by atoms with Crippen LogP contribution in [0.2, 0.25) is 0 Å². The van der Waals surface area contributed by atoms with E-state index in [9.17, 15) is 9.59 Å². The molecule has 1 aromatic heterocycles. The molecule has 0 radical (unpaired) electrons. The third kappa shape index (κ3) is 3.61. The van der Waals surface area contributed by atoms with Gasteiger partial charge in [-0.15, -0.1) is 0 Å². The molecule has 0 aliphatic heterocycles. The summed E-state index contributed by atoms with van der Waals surface area (Å²) in [5, 5.41) is 9.30. The van der Waals surface area contributed by atoms with Gasteiger partial charge >= 0.3 is 11.6 Å². The van der Waals surface area contributed by atoms with Crippen LogP contribution in [0.15, 0.2) is 33.5 Å². The van der Waals surface area contributed by atoms with Crippen LogP contribution in [0.3, 0.4) is 0 Å². The van der Waals surface area contributed by atoms with Crippen LogP contribution in [0.1, 0.15) is 23.7 Å². The highest BCUT2D eigenvalue weighted by Crippen LogP contribution is 2.20. The van der Waals surface area contributed by atoms with E-state index in [0.29, 0.717) is 29.7 Å². The minimum Gasteiger partial charge on any atom is -0.493 e. The lowest BCUT2D eigenvalue weighted by molar-refractivity contribution is 0.0522. The van der Waals surface area contributed by atoms with E-state index >= 15 is 0 Å². The van der Waals surface area contributed by atoms with E-state index in [2.05, 4.69) is 0 Å². The van der Waals surface area contributed by atoms with Crippen LogP contribution < -0.4 is 10.4 Å². The first-order valence-electron chi connectivity index (χ1n) is 6.64. The molecule has 0 unspecified atom stereocenters. The lowest BCUT2D eigenvalue weighted by Crippen LogP contribution is -2.16. The van der Waals surface area contributed by atoms with Crippen LogP contribution in [0.5, 0.6) is 5.75 Å². The summed E-state index contributed by atoms with van der Waals surface area (Å²) >= 11 is 0. The topological polar surface area (TPSA) is 86.0 Å². The van der Waals surface area contributed by atoms with Crippen molar-refractivity contribution in [2.75, 3.05) is 19.8 Å². The average Bonchev–Trinajstić information content (AvgIpc) is 2.47. The fourth-order valence-corrected chi connectivity index (χ4v) is 1.79. The molecule has 1 aromatic carbocycles. The highest BCUT2D eigenvalue weighted by atomic mass is 16.5. The normalized spacial score (nSPS) is 10.6. The van der Waals surface area contributed by atoms with E-state index in [1.54, 1.807) is 25.1 Å². The van der Waals surface area contributed by atoms with Crippen LogP contribution in [-0.4, -0.2) is 30.9 Å². The number of hydrogen-bond donors (Lipinski definition) is 1. The predicted octanol–water partition coefficient (Wildman–Crippen LogP) is 1.73. The lowest BCUT2D eigenvalue weighted by atomic mass is 10.2. The van der Waals surface area contributed by atoms with E-state index in [1.165, 1.54) is 6.07 Å². The monoisotopic (exact) mass is 292 g/mol. The van der Waals surface area contributed by atoms with Gasteiger partial charge in [0.15, 0.2) is 0 Å². The van der Waals surface area contributed by atoms with Gasteiger partial charge in [0.1, 0.15) is 16.9 Å². The first kappa shape index (κ1) is 15.1. The molecule has 6 heteroatoms. The molecule has 0 saturated heterocycles. The van der Waals surface area contributed by atoms with Crippen LogP contribution in [0.25, 0.3) is 11.0 Å². The Morgan fingerprint density at radius 3 is 2.86 bits per heavy atom. The summed E-state index contributed by atoms with van der Waals surface area (Å²) in [5.74, 6) is -0.167. The first-order valence-corrected chi connectivity index (χ1v) is 6.64. The molecule has 0 saturated carbocycles. The van der Waals surface area contributed by atoms with Crippen molar-refractivity contribution in [3.8, 4) is 5.75 Å². The first-order chi connectivity index (χ1) is 10.2. The number of carbonyl (C=O) groups excluding carboxylic acids is 1. The summed E-state index contributed by atoms with van der Waals surface area (Å²) in [7, 11) is 0. The molecule has 1 N–H and O–H groups in total. The number of hydrogen-bond acceptors (Lipinski definition) is 6. The molecule has 21 heavy (non-hydrogen) atoms. The highest BCUT2D eigenvalue weighted by Gasteiger charge is 2.14. The van der Waals surface area contributed by atoms with Crippen molar-refractivity contribution in [1.29, 1.82) is 0 Å². The zero-order valence-corrected chi connectivity index (χ0v) is 11.6. The van der Waals surface area contributed by atoms with Crippen LogP contribution >= 0.6 is 0 Å². The molecule has 1 heterocycles. The van der Waals surface area contributed by atoms with Gasteiger partial charge in [-0.05, 0) is 25.1 Å². The summed E-state index contributed by atoms with van der Waals surface area (Å²) in [6.45, 7) is 2.27. The van der Waals surface area contributed by atoms with Gasteiger partial charge in [0.2, 0.25) is 0 Å². The van der Waals surface area contributed by atoms with Crippen molar-refractivity contribution in [3.05, 3.63) is 40.2 Å². The Labute approximate surface area is 120 Å². The summed E-state index contributed by atoms with van der Waals surface area (Å²) in [4.78, 5) is 23.4. The van der Waals surface area contributed by atoms with E-state index in [0.717, 1.165) is 0 Å². The zero-order valence-electron chi connectivity index (χ0n) is 11.6. The molecule has 112 valence electrons. The SMILES string of the molecule is CCOC(=O)c1cc2ccc(OCCCO)cc2oc1=O. The Kier molecular flexibility index (Phi) is 4.94. The number of ether oxygens (including phenoxy) is 2. The van der Waals surface area contributed by atoms with Crippen LogP contribution in [0.4, 0.5) is 0 Å². The maximum Gasteiger partial charge on any atom is 0.351 e. The predicted molar refractivity (Wildman–Crippen MR) is 75.6 cm³/mol. The maximum absolute atomic E-state index is 11.8. The fourth-order valence-electron chi connectivity index (χ4n) is 1.79. The minimum atomic E-state index is -0.742. The van der Waals surface area contributed by atoms with Crippen molar-refractivity contribution >= 4 is 16.9 Å². The molecular formula is C15H16O6. The zero-order chi connectivity index (χ0) is 15.2. The number of rotatable bonds is 6. The van der Waals surface area contributed by atoms with Crippen LogP contribution in [0, 0.1) is 0 Å². The highest BCUT2D eigenvalue weighted by molar-refractivity contribution is 5.93. The van der Waals surface area contributed by atoms with Gasteiger partial charge < -0.3 is 19.0 Å². The van der Waals surface area contributed by atoms with E-state index in [4.69, 9.17) is 19.0 Å². The Balaban J connectivity index is 2.31. The van der Waals surface area contributed by atoms with Crippen molar-refractivity contribution in [2.45, 2.75) is 13.3 Å². The molecule has 0 aliphatic carbocycles. The Morgan fingerprint density at radius 1 is 1.33 bits per heavy atom. The van der Waals surface area contributed by atoms with Crippen molar-refractivity contribution < 1.29 is 23.8 Å². The maximum atomic E-state index is 11.8. The van der Waals surface area contributed by atoms with Gasteiger partial charge in [-0.1, -0.05) is 0 Å². The number of aliphatic hydroxyl groups is 1. The van der Waals surface area contributed by atoms with Crippen molar-refractivity contribution in [2.24, 2.45) is 0 Å². The van der Waals surface area contributed by atoms with Gasteiger partial charge in [0.05, 0.1) is 13.2 Å². The molecule has 0 aliphatic rings. The molecule has 2 rings (SSSR count). The number of aliphatic hydroxyl groups excluding tert-OH is 1. The second-order valence-corrected chi connectivity index (χ2v) is 4.29. The van der Waals surface area contributed by atoms with E-state index in [-0.39, 0.29) is 18.8 Å². The average molecular weight is 292 g/mol. The Hall–Kier alpha value is -2.34. The standard InChI is InChI=1S/C15H16O6/c1-2-19-14(17)12-8-10-4-5-11(20-7-3-6-16)9-13(10)21-15(12)18/h4-5,8-9,16H,2-3,6-7H2,1H3. The molecule has 0 amide bonds. The molecule has 2 aromatic rings. The summed E-state index contributed by atoms with van der Waals surface area (Å²) in [5.41, 5.74) is -0.540. The van der Waals surface area contributed by atoms with E-state index in [1.807, 2.05) is 0 Å². The van der Waals surface area contributed by atoms with Gasteiger partial charge in [-0.3, -0.25) is 0 Å². The molecule has 6 nitrogen and oxygen atoms in total. The molecule has 0 fully saturated rings.